The van der Waals surface area contributed by atoms with Crippen LogP contribution in [0.5, 0.6) is 11.5 Å². The zero-order valence-corrected chi connectivity index (χ0v) is 11.7. The Labute approximate surface area is 117 Å². The lowest BCUT2D eigenvalue weighted by atomic mass is 10.1. The van der Waals surface area contributed by atoms with Crippen LogP contribution in [0.25, 0.3) is 6.08 Å². The molecule has 104 valence electrons. The number of carbonyl (C=O) groups is 1. The van der Waals surface area contributed by atoms with Gasteiger partial charge in [-0.2, -0.15) is 0 Å². The number of methoxy groups -OCH3 is 2. The van der Waals surface area contributed by atoms with Crippen LogP contribution < -0.4 is 9.47 Å². The standard InChI is InChI=1S/C16H16O4/c1-11-7-10-16(20-11)13(17)9-8-12-14(18-2)5-4-6-15(12)19-3/h4-10H,1-3H3. The Kier molecular flexibility index (Phi) is 4.25. The van der Waals surface area contributed by atoms with Gasteiger partial charge in [0.25, 0.3) is 0 Å². The van der Waals surface area contributed by atoms with E-state index in [4.69, 9.17) is 13.9 Å². The molecule has 0 aliphatic carbocycles. The summed E-state index contributed by atoms with van der Waals surface area (Å²) in [7, 11) is 3.15. The smallest absolute Gasteiger partial charge is 0.221 e. The second-order valence-corrected chi connectivity index (χ2v) is 4.18. The molecular formula is C16H16O4. The second kappa shape index (κ2) is 6.10. The number of allylic oxidation sites excluding steroid dienone is 1. The highest BCUT2D eigenvalue weighted by molar-refractivity contribution is 6.05. The molecule has 4 heteroatoms. The topological polar surface area (TPSA) is 48.7 Å². The molecular weight excluding hydrogens is 256 g/mol. The van der Waals surface area contributed by atoms with Crippen LogP contribution in [0, 0.1) is 6.92 Å². The van der Waals surface area contributed by atoms with Crippen molar-refractivity contribution in [3.63, 3.8) is 0 Å². The molecule has 1 aromatic carbocycles. The number of carbonyl (C=O) groups excluding carboxylic acids is 1. The molecule has 0 saturated carbocycles. The monoisotopic (exact) mass is 272 g/mol. The first kappa shape index (κ1) is 13.9. The Morgan fingerprint density at radius 1 is 1.10 bits per heavy atom. The molecule has 0 amide bonds. The van der Waals surface area contributed by atoms with Crippen molar-refractivity contribution in [2.24, 2.45) is 0 Å². The molecule has 0 atom stereocenters. The van der Waals surface area contributed by atoms with Gasteiger partial charge in [-0.3, -0.25) is 4.79 Å². The van der Waals surface area contributed by atoms with Crippen molar-refractivity contribution in [2.45, 2.75) is 6.92 Å². The maximum atomic E-state index is 12.0. The zero-order valence-electron chi connectivity index (χ0n) is 11.7. The maximum absolute atomic E-state index is 12.0. The number of benzene rings is 1. The lowest BCUT2D eigenvalue weighted by Crippen LogP contribution is -1.94. The van der Waals surface area contributed by atoms with Crippen LogP contribution in [-0.2, 0) is 0 Å². The van der Waals surface area contributed by atoms with Crippen molar-refractivity contribution in [2.75, 3.05) is 14.2 Å². The van der Waals surface area contributed by atoms with Gasteiger partial charge >= 0.3 is 0 Å². The fraction of sp³-hybridized carbons (Fsp3) is 0.188. The number of ketones is 1. The fourth-order valence-electron chi connectivity index (χ4n) is 1.85. The van der Waals surface area contributed by atoms with E-state index in [1.807, 2.05) is 18.2 Å². The van der Waals surface area contributed by atoms with Crippen molar-refractivity contribution in [3.05, 3.63) is 53.5 Å². The van der Waals surface area contributed by atoms with Crippen LogP contribution in [0.15, 0.2) is 40.8 Å². The molecule has 0 bridgehead atoms. The van der Waals surface area contributed by atoms with Crippen LogP contribution in [0.1, 0.15) is 21.9 Å². The lowest BCUT2D eigenvalue weighted by Gasteiger charge is -2.09. The summed E-state index contributed by atoms with van der Waals surface area (Å²) in [6, 6.07) is 8.85. The molecule has 20 heavy (non-hydrogen) atoms. The summed E-state index contributed by atoms with van der Waals surface area (Å²) in [5, 5.41) is 0. The normalized spacial score (nSPS) is 10.8. The van der Waals surface area contributed by atoms with E-state index in [9.17, 15) is 4.79 Å². The first-order valence-corrected chi connectivity index (χ1v) is 6.15. The number of ether oxygens (including phenoxy) is 2. The highest BCUT2D eigenvalue weighted by Crippen LogP contribution is 2.29. The average molecular weight is 272 g/mol. The minimum atomic E-state index is -0.203. The van der Waals surface area contributed by atoms with Crippen molar-refractivity contribution < 1.29 is 18.7 Å². The van der Waals surface area contributed by atoms with E-state index in [1.165, 1.54) is 6.08 Å². The minimum Gasteiger partial charge on any atom is -0.496 e. The summed E-state index contributed by atoms with van der Waals surface area (Å²) >= 11 is 0. The predicted octanol–water partition coefficient (Wildman–Crippen LogP) is 3.50. The van der Waals surface area contributed by atoms with Gasteiger partial charge in [0, 0.05) is 0 Å². The van der Waals surface area contributed by atoms with Crippen molar-refractivity contribution in [1.29, 1.82) is 0 Å². The summed E-state index contributed by atoms with van der Waals surface area (Å²) in [5.41, 5.74) is 0.717. The van der Waals surface area contributed by atoms with E-state index in [0.717, 1.165) is 0 Å². The molecule has 0 radical (unpaired) electrons. The summed E-state index contributed by atoms with van der Waals surface area (Å²) in [4.78, 5) is 12.0. The Hall–Kier alpha value is -2.49. The van der Waals surface area contributed by atoms with E-state index < -0.39 is 0 Å². The van der Waals surface area contributed by atoms with E-state index in [0.29, 0.717) is 28.6 Å². The number of hydrogen-bond acceptors (Lipinski definition) is 4. The largest absolute Gasteiger partial charge is 0.496 e. The third-order valence-corrected chi connectivity index (χ3v) is 2.85. The van der Waals surface area contributed by atoms with E-state index in [2.05, 4.69) is 0 Å². The Balaban J connectivity index is 2.29. The quantitative estimate of drug-likeness (QED) is 0.617. The van der Waals surface area contributed by atoms with Crippen LogP contribution in [0.4, 0.5) is 0 Å². The molecule has 4 nitrogen and oxygen atoms in total. The number of aryl methyl sites for hydroxylation is 1. The summed E-state index contributed by atoms with van der Waals surface area (Å²) in [6.07, 6.45) is 3.11. The fourth-order valence-corrected chi connectivity index (χ4v) is 1.85. The van der Waals surface area contributed by atoms with Gasteiger partial charge in [0.15, 0.2) is 5.76 Å². The van der Waals surface area contributed by atoms with Crippen LogP contribution >= 0.6 is 0 Å². The number of hydrogen-bond donors (Lipinski definition) is 0. The number of furan rings is 1. The Bertz CT molecular complexity index is 615. The molecule has 0 saturated heterocycles. The molecule has 0 fully saturated rings. The van der Waals surface area contributed by atoms with E-state index in [-0.39, 0.29) is 5.78 Å². The molecule has 2 rings (SSSR count). The third kappa shape index (κ3) is 2.91. The Morgan fingerprint density at radius 3 is 2.25 bits per heavy atom. The van der Waals surface area contributed by atoms with Gasteiger partial charge in [0.1, 0.15) is 17.3 Å². The average Bonchev–Trinajstić information content (AvgIpc) is 2.90. The molecule has 1 aromatic heterocycles. The molecule has 2 aromatic rings. The van der Waals surface area contributed by atoms with Crippen LogP contribution in [0.3, 0.4) is 0 Å². The van der Waals surface area contributed by atoms with E-state index >= 15 is 0 Å². The summed E-state index contributed by atoms with van der Waals surface area (Å²) in [6.45, 7) is 1.80. The molecule has 0 aliphatic heterocycles. The van der Waals surface area contributed by atoms with Crippen LogP contribution in [-0.4, -0.2) is 20.0 Å². The van der Waals surface area contributed by atoms with Gasteiger partial charge in [-0.05, 0) is 43.3 Å². The van der Waals surface area contributed by atoms with Gasteiger partial charge in [-0.15, -0.1) is 0 Å². The lowest BCUT2D eigenvalue weighted by molar-refractivity contribution is 0.102. The SMILES string of the molecule is COc1cccc(OC)c1C=CC(=O)c1ccc(C)o1. The highest BCUT2D eigenvalue weighted by Gasteiger charge is 2.09. The van der Waals surface area contributed by atoms with Gasteiger partial charge < -0.3 is 13.9 Å². The second-order valence-electron chi connectivity index (χ2n) is 4.18. The molecule has 0 spiro atoms. The summed E-state index contributed by atoms with van der Waals surface area (Å²) in [5.74, 6) is 2.10. The summed E-state index contributed by atoms with van der Waals surface area (Å²) < 4.78 is 15.8. The van der Waals surface area contributed by atoms with E-state index in [1.54, 1.807) is 39.4 Å². The van der Waals surface area contributed by atoms with Crippen molar-refractivity contribution in [3.8, 4) is 11.5 Å². The predicted molar refractivity (Wildman–Crippen MR) is 76.4 cm³/mol. The van der Waals surface area contributed by atoms with Gasteiger partial charge in [0.05, 0.1) is 19.8 Å². The van der Waals surface area contributed by atoms with Gasteiger partial charge in [-0.25, -0.2) is 0 Å². The van der Waals surface area contributed by atoms with Crippen molar-refractivity contribution >= 4 is 11.9 Å². The molecule has 0 aliphatic rings. The molecule has 0 N–H and O–H groups in total. The minimum absolute atomic E-state index is 0.203. The van der Waals surface area contributed by atoms with Gasteiger partial charge in [-0.1, -0.05) is 6.07 Å². The maximum Gasteiger partial charge on any atom is 0.221 e. The molecule has 0 unspecified atom stereocenters. The highest BCUT2D eigenvalue weighted by atomic mass is 16.5. The molecule has 1 heterocycles. The van der Waals surface area contributed by atoms with Crippen molar-refractivity contribution in [1.82, 2.24) is 0 Å². The van der Waals surface area contributed by atoms with Gasteiger partial charge in [0.2, 0.25) is 5.78 Å². The van der Waals surface area contributed by atoms with Crippen LogP contribution in [0.2, 0.25) is 0 Å². The number of rotatable bonds is 5. The zero-order chi connectivity index (χ0) is 14.5. The third-order valence-electron chi connectivity index (χ3n) is 2.85. The Morgan fingerprint density at radius 2 is 1.75 bits per heavy atom. The first-order chi connectivity index (χ1) is 9.65. The first-order valence-electron chi connectivity index (χ1n) is 6.15.